The topological polar surface area (TPSA) is 91.5 Å². The number of urea groups is 1. The van der Waals surface area contributed by atoms with Gasteiger partial charge in [-0.25, -0.2) is 4.79 Å². The zero-order chi connectivity index (χ0) is 17.5. The molecule has 4 N–H and O–H groups in total. The van der Waals surface area contributed by atoms with Crippen LogP contribution in [-0.4, -0.2) is 43.8 Å². The normalized spacial score (nSPS) is 22.6. The van der Waals surface area contributed by atoms with Crippen molar-refractivity contribution in [3.63, 3.8) is 0 Å². The molecular weight excluding hydrogens is 320 g/mol. The molecule has 2 saturated heterocycles. The molecule has 136 valence electrons. The van der Waals surface area contributed by atoms with Crippen molar-refractivity contribution in [2.45, 2.75) is 44.2 Å². The van der Waals surface area contributed by atoms with Gasteiger partial charge < -0.3 is 26.0 Å². The monoisotopic (exact) mass is 346 g/mol. The number of anilines is 2. The van der Waals surface area contributed by atoms with Gasteiger partial charge in [-0.05, 0) is 56.5 Å². The molecule has 2 aliphatic heterocycles. The number of carbonyl (C=O) groups excluding carboxylic acids is 2. The fourth-order valence-electron chi connectivity index (χ4n) is 3.19. The smallest absolute Gasteiger partial charge is 0.319 e. The van der Waals surface area contributed by atoms with Crippen LogP contribution in [0.4, 0.5) is 16.2 Å². The van der Waals surface area contributed by atoms with Crippen molar-refractivity contribution < 1.29 is 14.3 Å². The van der Waals surface area contributed by atoms with E-state index in [1.807, 2.05) is 0 Å². The van der Waals surface area contributed by atoms with Crippen LogP contribution in [0, 0.1) is 0 Å². The molecule has 3 rings (SSSR count). The van der Waals surface area contributed by atoms with Gasteiger partial charge in [-0.15, -0.1) is 0 Å². The lowest BCUT2D eigenvalue weighted by molar-refractivity contribution is -0.116. The fourth-order valence-corrected chi connectivity index (χ4v) is 3.19. The Morgan fingerprint density at radius 2 is 1.84 bits per heavy atom. The SMILES string of the molecule is O=C(CC1CCCN1)Nc1ccc(NC(=O)NCC2CCCO2)cc1. The average molecular weight is 346 g/mol. The first-order valence-electron chi connectivity index (χ1n) is 8.99. The highest BCUT2D eigenvalue weighted by molar-refractivity contribution is 5.92. The maximum atomic E-state index is 12.0. The Hall–Kier alpha value is -2.12. The second-order valence-electron chi connectivity index (χ2n) is 6.59. The van der Waals surface area contributed by atoms with Crippen LogP contribution in [-0.2, 0) is 9.53 Å². The first-order chi connectivity index (χ1) is 12.2. The predicted octanol–water partition coefficient (Wildman–Crippen LogP) is 2.07. The second-order valence-corrected chi connectivity index (χ2v) is 6.59. The van der Waals surface area contributed by atoms with Crippen molar-refractivity contribution >= 4 is 23.3 Å². The third-order valence-electron chi connectivity index (χ3n) is 4.53. The van der Waals surface area contributed by atoms with E-state index in [4.69, 9.17) is 4.74 Å². The molecule has 0 aromatic heterocycles. The number of amides is 3. The van der Waals surface area contributed by atoms with Gasteiger partial charge in [0.1, 0.15) is 0 Å². The Morgan fingerprint density at radius 3 is 2.48 bits per heavy atom. The van der Waals surface area contributed by atoms with Crippen LogP contribution in [0.2, 0.25) is 0 Å². The van der Waals surface area contributed by atoms with E-state index >= 15 is 0 Å². The van der Waals surface area contributed by atoms with Gasteiger partial charge >= 0.3 is 6.03 Å². The summed E-state index contributed by atoms with van der Waals surface area (Å²) < 4.78 is 5.47. The largest absolute Gasteiger partial charge is 0.376 e. The molecule has 7 heteroatoms. The Bertz CT molecular complexity index is 578. The summed E-state index contributed by atoms with van der Waals surface area (Å²) in [5, 5.41) is 11.8. The molecule has 2 heterocycles. The predicted molar refractivity (Wildman–Crippen MR) is 96.7 cm³/mol. The van der Waals surface area contributed by atoms with Crippen LogP contribution < -0.4 is 21.3 Å². The van der Waals surface area contributed by atoms with E-state index in [9.17, 15) is 9.59 Å². The third-order valence-corrected chi connectivity index (χ3v) is 4.53. The maximum Gasteiger partial charge on any atom is 0.319 e. The first-order valence-corrected chi connectivity index (χ1v) is 8.99. The summed E-state index contributed by atoms with van der Waals surface area (Å²) >= 11 is 0. The molecule has 1 aromatic rings. The van der Waals surface area contributed by atoms with Crippen molar-refractivity contribution in [1.29, 1.82) is 0 Å². The zero-order valence-corrected chi connectivity index (χ0v) is 14.3. The summed E-state index contributed by atoms with van der Waals surface area (Å²) in [5.41, 5.74) is 1.41. The molecule has 0 saturated carbocycles. The van der Waals surface area contributed by atoms with Crippen molar-refractivity contribution in [1.82, 2.24) is 10.6 Å². The molecule has 2 unspecified atom stereocenters. The minimum Gasteiger partial charge on any atom is -0.376 e. The minimum absolute atomic E-state index is 0.00872. The van der Waals surface area contributed by atoms with Crippen LogP contribution in [0.25, 0.3) is 0 Å². The minimum atomic E-state index is -0.250. The number of nitrogens with one attached hydrogen (secondary N) is 4. The lowest BCUT2D eigenvalue weighted by Crippen LogP contribution is -2.35. The maximum absolute atomic E-state index is 12.0. The Labute approximate surface area is 147 Å². The standard InChI is InChI=1S/C18H26N4O3/c23-17(11-15-3-1-9-19-15)21-13-5-7-14(8-6-13)22-18(24)20-12-16-4-2-10-25-16/h5-8,15-16,19H,1-4,9-12H2,(H,21,23)(H2,20,22,24). The molecule has 0 aliphatic carbocycles. The molecule has 7 nitrogen and oxygen atoms in total. The number of rotatable bonds is 6. The van der Waals surface area contributed by atoms with Gasteiger partial charge in [0.15, 0.2) is 0 Å². The van der Waals surface area contributed by atoms with E-state index in [-0.39, 0.29) is 24.1 Å². The van der Waals surface area contributed by atoms with Gasteiger partial charge in [0, 0.05) is 37.0 Å². The van der Waals surface area contributed by atoms with E-state index in [0.717, 1.165) is 44.5 Å². The number of ether oxygens (including phenoxy) is 1. The van der Waals surface area contributed by atoms with Crippen molar-refractivity contribution in [3.8, 4) is 0 Å². The lowest BCUT2D eigenvalue weighted by atomic mass is 10.1. The van der Waals surface area contributed by atoms with E-state index in [1.165, 1.54) is 0 Å². The highest BCUT2D eigenvalue weighted by Crippen LogP contribution is 2.15. The molecule has 1 aromatic carbocycles. The quantitative estimate of drug-likeness (QED) is 0.635. The zero-order valence-electron chi connectivity index (χ0n) is 14.3. The molecule has 2 fully saturated rings. The van der Waals surface area contributed by atoms with E-state index in [2.05, 4.69) is 21.3 Å². The van der Waals surface area contributed by atoms with Crippen LogP contribution >= 0.6 is 0 Å². The lowest BCUT2D eigenvalue weighted by Gasteiger charge is -2.13. The summed E-state index contributed by atoms with van der Waals surface area (Å²) in [6.45, 7) is 2.29. The third kappa shape index (κ3) is 5.72. The van der Waals surface area contributed by atoms with Crippen molar-refractivity contribution in [2.24, 2.45) is 0 Å². The van der Waals surface area contributed by atoms with E-state index < -0.39 is 0 Å². The Balaban J connectivity index is 1.40. The Kier molecular flexibility index (Phi) is 6.25. The van der Waals surface area contributed by atoms with Gasteiger partial charge in [-0.2, -0.15) is 0 Å². The van der Waals surface area contributed by atoms with Gasteiger partial charge in [-0.1, -0.05) is 0 Å². The van der Waals surface area contributed by atoms with Gasteiger partial charge in [-0.3, -0.25) is 4.79 Å². The van der Waals surface area contributed by atoms with Crippen LogP contribution in [0.3, 0.4) is 0 Å². The highest BCUT2D eigenvalue weighted by Gasteiger charge is 2.18. The summed E-state index contributed by atoms with van der Waals surface area (Å²) in [5.74, 6) is 0.00872. The number of carbonyl (C=O) groups is 2. The van der Waals surface area contributed by atoms with Crippen molar-refractivity contribution in [3.05, 3.63) is 24.3 Å². The van der Waals surface area contributed by atoms with Crippen LogP contribution in [0.1, 0.15) is 32.1 Å². The van der Waals surface area contributed by atoms with E-state index in [0.29, 0.717) is 18.7 Å². The first kappa shape index (κ1) is 17.7. The molecule has 0 radical (unpaired) electrons. The van der Waals surface area contributed by atoms with Gasteiger partial charge in [0.25, 0.3) is 0 Å². The molecular formula is C18H26N4O3. The number of hydrogen-bond acceptors (Lipinski definition) is 4. The van der Waals surface area contributed by atoms with Gasteiger partial charge in [0.2, 0.25) is 5.91 Å². The Morgan fingerprint density at radius 1 is 1.08 bits per heavy atom. The molecule has 2 atom stereocenters. The highest BCUT2D eigenvalue weighted by atomic mass is 16.5. The summed E-state index contributed by atoms with van der Waals surface area (Å²) in [6.07, 6.45) is 4.84. The molecule has 0 spiro atoms. The average Bonchev–Trinajstić information content (AvgIpc) is 3.28. The van der Waals surface area contributed by atoms with Crippen LogP contribution in [0.15, 0.2) is 24.3 Å². The number of hydrogen-bond donors (Lipinski definition) is 4. The fraction of sp³-hybridized carbons (Fsp3) is 0.556. The molecule has 25 heavy (non-hydrogen) atoms. The second kappa shape index (κ2) is 8.82. The molecule has 3 amide bonds. The van der Waals surface area contributed by atoms with Crippen LogP contribution in [0.5, 0.6) is 0 Å². The molecule has 2 aliphatic rings. The van der Waals surface area contributed by atoms with Gasteiger partial charge in [0.05, 0.1) is 6.10 Å². The summed E-state index contributed by atoms with van der Waals surface area (Å²) in [6, 6.07) is 7.16. The number of benzene rings is 1. The summed E-state index contributed by atoms with van der Waals surface area (Å²) in [4.78, 5) is 23.9. The summed E-state index contributed by atoms with van der Waals surface area (Å²) in [7, 11) is 0. The molecule has 0 bridgehead atoms. The van der Waals surface area contributed by atoms with Crippen molar-refractivity contribution in [2.75, 3.05) is 30.3 Å². The van der Waals surface area contributed by atoms with E-state index in [1.54, 1.807) is 24.3 Å².